The fraction of sp³-hybridized carbons (Fsp3) is 0.647. The van der Waals surface area contributed by atoms with E-state index in [9.17, 15) is 0 Å². The second kappa shape index (κ2) is 6.48. The Bertz CT molecular complexity index is 445. The zero-order valence-corrected chi connectivity index (χ0v) is 14.7. The Kier molecular flexibility index (Phi) is 5.14. The summed E-state index contributed by atoms with van der Waals surface area (Å²) in [6, 6.07) is 6.25. The van der Waals surface area contributed by atoms with Crippen molar-refractivity contribution in [3.05, 3.63) is 28.2 Å². The minimum absolute atomic E-state index is 0.444. The molecule has 1 aromatic rings. The zero-order chi connectivity index (χ0) is 14.8. The molecule has 0 aromatic heterocycles. The average Bonchev–Trinajstić information content (AvgIpc) is 2.38. The Balaban J connectivity index is 1.97. The molecule has 1 aromatic carbocycles. The van der Waals surface area contributed by atoms with Crippen LogP contribution in [-0.4, -0.2) is 25.1 Å². The van der Waals surface area contributed by atoms with Gasteiger partial charge in [0.05, 0.1) is 7.11 Å². The molecule has 0 bridgehead atoms. The number of methoxy groups -OCH3 is 1. The molecule has 0 atom stereocenters. The molecule has 1 saturated heterocycles. The number of benzene rings is 1. The van der Waals surface area contributed by atoms with Gasteiger partial charge in [-0.05, 0) is 55.5 Å². The van der Waals surface area contributed by atoms with Crippen molar-refractivity contribution in [1.82, 2.24) is 4.90 Å². The van der Waals surface area contributed by atoms with Gasteiger partial charge < -0.3 is 4.74 Å². The topological polar surface area (TPSA) is 12.5 Å². The lowest BCUT2D eigenvalue weighted by Gasteiger charge is -2.38. The Morgan fingerprint density at radius 3 is 2.45 bits per heavy atom. The van der Waals surface area contributed by atoms with Crippen molar-refractivity contribution in [2.24, 2.45) is 11.3 Å². The van der Waals surface area contributed by atoms with Crippen molar-refractivity contribution in [2.75, 3.05) is 20.2 Å². The first-order valence-corrected chi connectivity index (χ1v) is 8.24. The number of halogens is 1. The molecule has 3 heteroatoms. The molecule has 1 aliphatic rings. The van der Waals surface area contributed by atoms with E-state index in [2.05, 4.69) is 47.7 Å². The van der Waals surface area contributed by atoms with Gasteiger partial charge in [0.25, 0.3) is 0 Å². The number of hydrogen-bond donors (Lipinski definition) is 0. The first kappa shape index (κ1) is 15.8. The smallest absolute Gasteiger partial charge is 0.123 e. The number of rotatable bonds is 3. The highest BCUT2D eigenvalue weighted by Gasteiger charge is 2.28. The minimum atomic E-state index is 0.444. The molecule has 0 saturated carbocycles. The summed E-state index contributed by atoms with van der Waals surface area (Å²) < 4.78 is 6.59. The van der Waals surface area contributed by atoms with Crippen LogP contribution in [0.1, 0.15) is 39.2 Å². The molecule has 2 nitrogen and oxygen atoms in total. The lowest BCUT2D eigenvalue weighted by atomic mass is 9.75. The molecule has 1 heterocycles. The van der Waals surface area contributed by atoms with E-state index in [4.69, 9.17) is 4.74 Å². The summed E-state index contributed by atoms with van der Waals surface area (Å²) in [5.41, 5.74) is 1.72. The van der Waals surface area contributed by atoms with E-state index in [-0.39, 0.29) is 0 Å². The van der Waals surface area contributed by atoms with Crippen LogP contribution in [0.25, 0.3) is 0 Å². The Hall–Kier alpha value is -0.540. The Morgan fingerprint density at radius 2 is 1.90 bits per heavy atom. The molecule has 1 aliphatic heterocycles. The largest absolute Gasteiger partial charge is 0.496 e. The van der Waals surface area contributed by atoms with Crippen LogP contribution in [-0.2, 0) is 6.54 Å². The lowest BCUT2D eigenvalue weighted by molar-refractivity contribution is 0.107. The summed E-state index contributed by atoms with van der Waals surface area (Å²) in [4.78, 5) is 2.55. The third kappa shape index (κ3) is 3.98. The highest BCUT2D eigenvalue weighted by atomic mass is 79.9. The van der Waals surface area contributed by atoms with Crippen molar-refractivity contribution in [3.8, 4) is 5.75 Å². The molecule has 0 unspecified atom stereocenters. The van der Waals surface area contributed by atoms with Gasteiger partial charge in [0.2, 0.25) is 0 Å². The molecule has 0 radical (unpaired) electrons. The quantitative estimate of drug-likeness (QED) is 0.790. The number of nitrogens with zero attached hydrogens (tertiary/aromatic N) is 1. The van der Waals surface area contributed by atoms with E-state index < -0.39 is 0 Å². The van der Waals surface area contributed by atoms with Crippen molar-refractivity contribution < 1.29 is 4.74 Å². The van der Waals surface area contributed by atoms with Crippen molar-refractivity contribution in [2.45, 2.75) is 40.2 Å². The molecule has 112 valence electrons. The summed E-state index contributed by atoms with van der Waals surface area (Å²) in [6.45, 7) is 10.5. The first-order chi connectivity index (χ1) is 9.40. The van der Waals surface area contributed by atoms with E-state index in [1.165, 1.54) is 31.5 Å². The summed E-state index contributed by atoms with van der Waals surface area (Å²) >= 11 is 3.55. The second-order valence-electron chi connectivity index (χ2n) is 6.87. The van der Waals surface area contributed by atoms with E-state index >= 15 is 0 Å². The highest BCUT2D eigenvalue weighted by molar-refractivity contribution is 9.10. The third-order valence-electron chi connectivity index (χ3n) is 4.45. The van der Waals surface area contributed by atoms with Crippen LogP contribution >= 0.6 is 15.9 Å². The molecule has 0 N–H and O–H groups in total. The van der Waals surface area contributed by atoms with Crippen LogP contribution in [0.2, 0.25) is 0 Å². The van der Waals surface area contributed by atoms with Gasteiger partial charge in [0, 0.05) is 16.6 Å². The van der Waals surface area contributed by atoms with Gasteiger partial charge in [0.15, 0.2) is 0 Å². The number of hydrogen-bond acceptors (Lipinski definition) is 2. The van der Waals surface area contributed by atoms with Crippen molar-refractivity contribution >= 4 is 15.9 Å². The molecule has 0 aliphatic carbocycles. The third-order valence-corrected chi connectivity index (χ3v) is 4.94. The van der Waals surface area contributed by atoms with Crippen molar-refractivity contribution in [3.63, 3.8) is 0 Å². The fourth-order valence-corrected chi connectivity index (χ4v) is 3.48. The van der Waals surface area contributed by atoms with Crippen LogP contribution in [0, 0.1) is 11.3 Å². The molecule has 1 fully saturated rings. The van der Waals surface area contributed by atoms with E-state index in [1.54, 1.807) is 7.11 Å². The maximum absolute atomic E-state index is 5.47. The van der Waals surface area contributed by atoms with Crippen LogP contribution in [0.3, 0.4) is 0 Å². The van der Waals surface area contributed by atoms with Crippen LogP contribution in [0.15, 0.2) is 22.7 Å². The summed E-state index contributed by atoms with van der Waals surface area (Å²) in [7, 11) is 1.75. The maximum Gasteiger partial charge on any atom is 0.123 e. The van der Waals surface area contributed by atoms with Gasteiger partial charge in [-0.3, -0.25) is 4.90 Å². The van der Waals surface area contributed by atoms with Gasteiger partial charge in [-0.2, -0.15) is 0 Å². The number of piperidine rings is 1. The molecule has 0 spiro atoms. The Morgan fingerprint density at radius 1 is 1.25 bits per heavy atom. The van der Waals surface area contributed by atoms with Crippen LogP contribution in [0.5, 0.6) is 5.75 Å². The zero-order valence-electron chi connectivity index (χ0n) is 13.1. The van der Waals surface area contributed by atoms with Gasteiger partial charge >= 0.3 is 0 Å². The molecular formula is C17H26BrNO. The average molecular weight is 340 g/mol. The minimum Gasteiger partial charge on any atom is -0.496 e. The van der Waals surface area contributed by atoms with Crippen LogP contribution < -0.4 is 4.74 Å². The first-order valence-electron chi connectivity index (χ1n) is 7.45. The summed E-state index contributed by atoms with van der Waals surface area (Å²) in [5.74, 6) is 1.84. The van der Waals surface area contributed by atoms with Crippen LogP contribution in [0.4, 0.5) is 0 Å². The highest BCUT2D eigenvalue weighted by Crippen LogP contribution is 2.35. The fourth-order valence-electron chi connectivity index (χ4n) is 3.07. The van der Waals surface area contributed by atoms with E-state index in [0.29, 0.717) is 5.41 Å². The summed E-state index contributed by atoms with van der Waals surface area (Å²) in [6.07, 6.45) is 2.61. The van der Waals surface area contributed by atoms with Crippen molar-refractivity contribution in [1.29, 1.82) is 0 Å². The van der Waals surface area contributed by atoms with E-state index in [0.717, 1.165) is 22.7 Å². The Labute approximate surface area is 131 Å². The maximum atomic E-state index is 5.47. The van der Waals surface area contributed by atoms with E-state index in [1.807, 2.05) is 12.1 Å². The van der Waals surface area contributed by atoms with Gasteiger partial charge in [0.1, 0.15) is 5.75 Å². The molecule has 20 heavy (non-hydrogen) atoms. The predicted octanol–water partition coefficient (Wildman–Crippen LogP) is 4.72. The number of ether oxygens (including phenoxy) is 1. The summed E-state index contributed by atoms with van der Waals surface area (Å²) in [5, 5.41) is 0. The molecular weight excluding hydrogens is 314 g/mol. The monoisotopic (exact) mass is 339 g/mol. The lowest BCUT2D eigenvalue weighted by Crippen LogP contribution is -2.37. The van der Waals surface area contributed by atoms with Gasteiger partial charge in [-0.25, -0.2) is 0 Å². The van der Waals surface area contributed by atoms with Gasteiger partial charge in [-0.15, -0.1) is 0 Å². The SMILES string of the molecule is COc1ccc(Br)cc1CN1CCC(C(C)(C)C)CC1. The second-order valence-corrected chi connectivity index (χ2v) is 7.79. The molecule has 0 amide bonds. The molecule has 2 rings (SSSR count). The number of likely N-dealkylation sites (tertiary alicyclic amines) is 1. The normalized spacial score (nSPS) is 18.2. The predicted molar refractivity (Wildman–Crippen MR) is 88.2 cm³/mol. The van der Waals surface area contributed by atoms with Gasteiger partial charge in [-0.1, -0.05) is 36.7 Å². The standard InChI is InChI=1S/C17H26BrNO/c1-17(2,3)14-7-9-19(10-8-14)12-13-11-15(18)5-6-16(13)20-4/h5-6,11,14H,7-10,12H2,1-4H3.